The van der Waals surface area contributed by atoms with Crippen molar-refractivity contribution >= 4 is 17.5 Å². The van der Waals surface area contributed by atoms with Crippen molar-refractivity contribution in [3.8, 4) is 16.9 Å². The van der Waals surface area contributed by atoms with E-state index >= 15 is 0 Å². The minimum atomic E-state index is -0.465. The van der Waals surface area contributed by atoms with E-state index in [0.717, 1.165) is 54.3 Å². The number of nitrogens with zero attached hydrogens (tertiary/aromatic N) is 2. The number of hydrogen-bond donors (Lipinski definition) is 1. The Morgan fingerprint density at radius 3 is 2.88 bits per heavy atom. The Bertz CT molecular complexity index is 818. The van der Waals surface area contributed by atoms with Gasteiger partial charge in [-0.2, -0.15) is 0 Å². The Morgan fingerprint density at radius 1 is 1.32 bits per heavy atom. The zero-order chi connectivity index (χ0) is 17.4. The van der Waals surface area contributed by atoms with Crippen LogP contribution in [0.15, 0.2) is 30.5 Å². The summed E-state index contributed by atoms with van der Waals surface area (Å²) in [6.07, 6.45) is 1.87. The number of hydrogen-bond acceptors (Lipinski definition) is 4. The molecule has 1 N–H and O–H groups in total. The normalized spacial score (nSPS) is 19.4. The highest BCUT2D eigenvalue weighted by Gasteiger charge is 2.34. The smallest absolute Gasteiger partial charge is 0.264 e. The van der Waals surface area contributed by atoms with Gasteiger partial charge in [0.1, 0.15) is 5.75 Å². The fourth-order valence-corrected chi connectivity index (χ4v) is 3.72. The Morgan fingerprint density at radius 2 is 2.12 bits per heavy atom. The Hall–Kier alpha value is -2.11. The number of amides is 1. The fraction of sp³-hybridized carbons (Fsp3) is 0.368. The molecule has 0 unspecified atom stereocenters. The van der Waals surface area contributed by atoms with E-state index in [1.165, 1.54) is 0 Å². The van der Waals surface area contributed by atoms with Crippen LogP contribution in [-0.4, -0.2) is 48.1 Å². The van der Waals surface area contributed by atoms with Gasteiger partial charge in [-0.25, -0.2) is 0 Å². The van der Waals surface area contributed by atoms with Crippen LogP contribution in [0.4, 0.5) is 0 Å². The molecule has 5 nitrogen and oxygen atoms in total. The van der Waals surface area contributed by atoms with Crippen LogP contribution in [-0.2, 0) is 11.2 Å². The molecule has 0 aliphatic carbocycles. The van der Waals surface area contributed by atoms with Gasteiger partial charge in [0.25, 0.3) is 5.91 Å². The second-order valence-electron chi connectivity index (χ2n) is 6.51. The molecule has 130 valence electrons. The van der Waals surface area contributed by atoms with Gasteiger partial charge < -0.3 is 15.0 Å². The quantitative estimate of drug-likeness (QED) is 0.897. The maximum atomic E-state index is 12.8. The molecule has 3 heterocycles. The molecule has 2 aliphatic rings. The molecule has 0 radical (unpaired) electrons. The number of pyridine rings is 1. The summed E-state index contributed by atoms with van der Waals surface area (Å²) < 4.78 is 6.11. The number of ether oxygens (including phenoxy) is 1. The monoisotopic (exact) mass is 357 g/mol. The number of piperazine rings is 1. The molecule has 1 aromatic carbocycles. The topological polar surface area (TPSA) is 54.5 Å². The first-order valence-electron chi connectivity index (χ1n) is 8.53. The number of aryl methyl sites for hydroxylation is 1. The summed E-state index contributed by atoms with van der Waals surface area (Å²) in [4.78, 5) is 18.9. The average Bonchev–Trinajstić information content (AvgIpc) is 3.05. The first-order chi connectivity index (χ1) is 12.1. The number of nitrogens with one attached hydrogen (secondary N) is 1. The number of fused-ring (bicyclic) bond motifs is 1. The second kappa shape index (κ2) is 6.65. The molecular formula is C19H20ClN3O2. The number of rotatable bonds is 2. The van der Waals surface area contributed by atoms with Gasteiger partial charge >= 0.3 is 0 Å². The van der Waals surface area contributed by atoms with Crippen LogP contribution in [0.25, 0.3) is 11.1 Å². The first-order valence-corrected chi connectivity index (χ1v) is 8.91. The van der Waals surface area contributed by atoms with Crippen molar-refractivity contribution in [2.75, 3.05) is 26.2 Å². The van der Waals surface area contributed by atoms with Crippen molar-refractivity contribution in [1.82, 2.24) is 15.2 Å². The molecule has 2 aliphatic heterocycles. The van der Waals surface area contributed by atoms with E-state index in [9.17, 15) is 4.79 Å². The highest BCUT2D eigenvalue weighted by Crippen LogP contribution is 2.41. The lowest BCUT2D eigenvalue weighted by atomic mass is 10.0. The molecule has 25 heavy (non-hydrogen) atoms. The third kappa shape index (κ3) is 3.22. The average molecular weight is 358 g/mol. The van der Waals surface area contributed by atoms with E-state index in [0.29, 0.717) is 11.4 Å². The summed E-state index contributed by atoms with van der Waals surface area (Å²) in [5.74, 6) is 0.828. The van der Waals surface area contributed by atoms with Gasteiger partial charge in [0.15, 0.2) is 6.10 Å². The third-order valence-electron chi connectivity index (χ3n) is 4.71. The summed E-state index contributed by atoms with van der Waals surface area (Å²) in [7, 11) is 0. The summed E-state index contributed by atoms with van der Waals surface area (Å²) in [5.41, 5.74) is 3.84. The van der Waals surface area contributed by atoms with Crippen LogP contribution in [0.1, 0.15) is 11.3 Å². The van der Waals surface area contributed by atoms with Gasteiger partial charge in [-0.05, 0) is 36.8 Å². The number of carbonyl (C=O) groups excluding carboxylic acids is 1. The van der Waals surface area contributed by atoms with E-state index in [2.05, 4.69) is 10.3 Å². The van der Waals surface area contributed by atoms with Crippen molar-refractivity contribution < 1.29 is 9.53 Å². The minimum Gasteiger partial charge on any atom is -0.479 e. The molecule has 1 saturated heterocycles. The standard InChI is InChI=1S/C19H20ClN3O2/c1-12-8-13(2-3-22-12)16-11-15(20)9-14-10-17(25-18(14)16)19(24)23-6-4-21-5-7-23/h2-3,8-9,11,17,21H,4-7,10H2,1H3/t17-/m0/s1. The molecule has 1 fully saturated rings. The maximum absolute atomic E-state index is 12.8. The SMILES string of the molecule is Cc1cc(-c2cc(Cl)cc3c2O[C@H](C(=O)N2CCNCC2)C3)ccn1. The van der Waals surface area contributed by atoms with Crippen molar-refractivity contribution in [2.45, 2.75) is 19.4 Å². The lowest BCUT2D eigenvalue weighted by molar-refractivity contribution is -0.138. The van der Waals surface area contributed by atoms with Crippen molar-refractivity contribution in [3.63, 3.8) is 0 Å². The number of carbonyl (C=O) groups is 1. The van der Waals surface area contributed by atoms with Gasteiger partial charge in [-0.1, -0.05) is 11.6 Å². The molecule has 1 atom stereocenters. The largest absolute Gasteiger partial charge is 0.479 e. The van der Waals surface area contributed by atoms with Crippen molar-refractivity contribution in [2.24, 2.45) is 0 Å². The van der Waals surface area contributed by atoms with E-state index in [1.807, 2.05) is 36.1 Å². The summed E-state index contributed by atoms with van der Waals surface area (Å²) in [5, 5.41) is 3.92. The predicted octanol–water partition coefficient (Wildman–Crippen LogP) is 2.45. The molecule has 4 rings (SSSR count). The molecule has 1 amide bonds. The molecule has 6 heteroatoms. The van der Waals surface area contributed by atoms with Crippen LogP contribution < -0.4 is 10.1 Å². The summed E-state index contributed by atoms with van der Waals surface area (Å²) in [6.45, 7) is 5.07. The highest BCUT2D eigenvalue weighted by molar-refractivity contribution is 6.31. The van der Waals surface area contributed by atoms with Crippen LogP contribution in [0.2, 0.25) is 5.02 Å². The van der Waals surface area contributed by atoms with Crippen LogP contribution >= 0.6 is 11.6 Å². The van der Waals surface area contributed by atoms with E-state index in [-0.39, 0.29) is 5.91 Å². The van der Waals surface area contributed by atoms with E-state index in [1.54, 1.807) is 6.20 Å². The van der Waals surface area contributed by atoms with Crippen LogP contribution in [0.3, 0.4) is 0 Å². The molecule has 0 spiro atoms. The zero-order valence-electron chi connectivity index (χ0n) is 14.1. The number of benzene rings is 1. The zero-order valence-corrected chi connectivity index (χ0v) is 14.8. The Kier molecular flexibility index (Phi) is 4.36. The van der Waals surface area contributed by atoms with Gasteiger partial charge in [0.2, 0.25) is 0 Å². The Balaban J connectivity index is 1.64. The molecular weight excluding hydrogens is 338 g/mol. The second-order valence-corrected chi connectivity index (χ2v) is 6.95. The summed E-state index contributed by atoms with van der Waals surface area (Å²) in [6, 6.07) is 7.74. The first kappa shape index (κ1) is 16.4. The van der Waals surface area contributed by atoms with Gasteiger partial charge in [0, 0.05) is 60.6 Å². The summed E-state index contributed by atoms with van der Waals surface area (Å²) >= 11 is 6.32. The molecule has 0 saturated carbocycles. The number of halogens is 1. The van der Waals surface area contributed by atoms with E-state index in [4.69, 9.17) is 16.3 Å². The Labute approximate surface area is 152 Å². The lowest BCUT2D eigenvalue weighted by Crippen LogP contribution is -2.50. The fourth-order valence-electron chi connectivity index (χ4n) is 3.48. The highest BCUT2D eigenvalue weighted by atomic mass is 35.5. The third-order valence-corrected chi connectivity index (χ3v) is 4.93. The van der Waals surface area contributed by atoms with Crippen molar-refractivity contribution in [1.29, 1.82) is 0 Å². The molecule has 0 bridgehead atoms. The minimum absolute atomic E-state index is 0.0608. The van der Waals surface area contributed by atoms with E-state index < -0.39 is 6.10 Å². The van der Waals surface area contributed by atoms with Gasteiger partial charge in [0.05, 0.1) is 0 Å². The predicted molar refractivity (Wildman–Crippen MR) is 97.0 cm³/mol. The van der Waals surface area contributed by atoms with Gasteiger partial charge in [-0.3, -0.25) is 9.78 Å². The maximum Gasteiger partial charge on any atom is 0.264 e. The molecule has 1 aromatic heterocycles. The van der Waals surface area contributed by atoms with Crippen LogP contribution in [0, 0.1) is 6.92 Å². The van der Waals surface area contributed by atoms with Crippen LogP contribution in [0.5, 0.6) is 5.75 Å². The van der Waals surface area contributed by atoms with Crippen molar-refractivity contribution in [3.05, 3.63) is 46.7 Å². The molecule has 2 aromatic rings. The van der Waals surface area contributed by atoms with Gasteiger partial charge in [-0.15, -0.1) is 0 Å². The lowest BCUT2D eigenvalue weighted by Gasteiger charge is -2.29. The number of aromatic nitrogens is 1.